The lowest BCUT2D eigenvalue weighted by molar-refractivity contribution is -0.116. The summed E-state index contributed by atoms with van der Waals surface area (Å²) in [4.78, 5) is 12.5. The number of ether oxygens (including phenoxy) is 2. The maximum Gasteiger partial charge on any atom is 0.246 e. The first kappa shape index (κ1) is 24.1. The first-order chi connectivity index (χ1) is 15.3. The van der Waals surface area contributed by atoms with Gasteiger partial charge in [-0.2, -0.15) is 0 Å². The summed E-state index contributed by atoms with van der Waals surface area (Å²) in [6.07, 6.45) is 5.76. The van der Waals surface area contributed by atoms with Crippen molar-refractivity contribution in [3.8, 4) is 11.5 Å². The standard InChI is InChI=1S/C24H32N2O5S/c1-4-30-22-14-13-19(17-23(22)32(28,29)26(2)3)25-24(27)15-12-18-8-7-11-21(16-18)31-20-9-5-6-10-20/h7-8,11,13-14,16-17,20H,4-6,9-10,12,15H2,1-3H3,(H,25,27). The number of carbonyl (C=O) groups excluding carboxylic acids is 1. The predicted octanol–water partition coefficient (Wildman–Crippen LogP) is 4.23. The smallest absolute Gasteiger partial charge is 0.246 e. The number of anilines is 1. The van der Waals surface area contributed by atoms with Gasteiger partial charge >= 0.3 is 0 Å². The number of rotatable bonds is 10. The van der Waals surface area contributed by atoms with E-state index in [1.54, 1.807) is 19.1 Å². The van der Waals surface area contributed by atoms with E-state index in [9.17, 15) is 13.2 Å². The van der Waals surface area contributed by atoms with E-state index in [1.807, 2.05) is 24.3 Å². The summed E-state index contributed by atoms with van der Waals surface area (Å²) in [6.45, 7) is 2.13. The summed E-state index contributed by atoms with van der Waals surface area (Å²) in [6, 6.07) is 12.5. The molecule has 1 amide bonds. The van der Waals surface area contributed by atoms with Gasteiger partial charge in [0.1, 0.15) is 16.4 Å². The topological polar surface area (TPSA) is 84.9 Å². The molecule has 7 nitrogen and oxygen atoms in total. The fourth-order valence-corrected chi connectivity index (χ4v) is 4.76. The molecule has 2 aromatic carbocycles. The van der Waals surface area contributed by atoms with Gasteiger partial charge in [-0.15, -0.1) is 0 Å². The summed E-state index contributed by atoms with van der Waals surface area (Å²) in [7, 11) is -0.797. The molecule has 1 aliphatic carbocycles. The number of carbonyl (C=O) groups is 1. The van der Waals surface area contributed by atoms with Gasteiger partial charge in [0.2, 0.25) is 15.9 Å². The molecule has 0 atom stereocenters. The molecule has 0 saturated heterocycles. The van der Waals surface area contributed by atoms with Gasteiger partial charge in [0.15, 0.2) is 0 Å². The van der Waals surface area contributed by atoms with Crippen molar-refractivity contribution >= 4 is 21.6 Å². The Kier molecular flexibility index (Phi) is 8.15. The summed E-state index contributed by atoms with van der Waals surface area (Å²) < 4.78 is 37.9. The Morgan fingerprint density at radius 1 is 1.12 bits per heavy atom. The minimum absolute atomic E-state index is 0.0268. The van der Waals surface area contributed by atoms with Crippen LogP contribution in [0, 0.1) is 0 Å². The Morgan fingerprint density at radius 2 is 1.88 bits per heavy atom. The van der Waals surface area contributed by atoms with Crippen LogP contribution in [0.4, 0.5) is 5.69 Å². The first-order valence-electron chi connectivity index (χ1n) is 11.0. The SMILES string of the molecule is CCOc1ccc(NC(=O)CCc2cccc(OC3CCCC3)c2)cc1S(=O)(=O)N(C)C. The lowest BCUT2D eigenvalue weighted by Crippen LogP contribution is -2.23. The van der Waals surface area contributed by atoms with Crippen LogP contribution in [-0.2, 0) is 21.2 Å². The number of hydrogen-bond acceptors (Lipinski definition) is 5. The highest BCUT2D eigenvalue weighted by molar-refractivity contribution is 7.89. The molecule has 0 aromatic heterocycles. The van der Waals surface area contributed by atoms with Crippen LogP contribution >= 0.6 is 0 Å². The van der Waals surface area contributed by atoms with Crippen molar-refractivity contribution in [2.75, 3.05) is 26.0 Å². The van der Waals surface area contributed by atoms with Crippen LogP contribution in [0.25, 0.3) is 0 Å². The molecular formula is C24H32N2O5S. The van der Waals surface area contributed by atoms with Gasteiger partial charge in [0, 0.05) is 26.2 Å². The molecule has 1 aliphatic rings. The number of amides is 1. The Morgan fingerprint density at radius 3 is 2.56 bits per heavy atom. The molecule has 8 heteroatoms. The molecule has 1 saturated carbocycles. The molecule has 2 aromatic rings. The maximum absolute atomic E-state index is 12.7. The van der Waals surface area contributed by atoms with Crippen LogP contribution in [0.3, 0.4) is 0 Å². The maximum atomic E-state index is 12.7. The average molecular weight is 461 g/mol. The van der Waals surface area contributed by atoms with Crippen molar-refractivity contribution in [2.24, 2.45) is 0 Å². The highest BCUT2D eigenvalue weighted by atomic mass is 32.2. The van der Waals surface area contributed by atoms with Crippen molar-refractivity contribution in [3.05, 3.63) is 48.0 Å². The number of sulfonamides is 1. The second-order valence-corrected chi connectivity index (χ2v) is 10.2. The van der Waals surface area contributed by atoms with E-state index < -0.39 is 10.0 Å². The van der Waals surface area contributed by atoms with Crippen LogP contribution < -0.4 is 14.8 Å². The summed E-state index contributed by atoms with van der Waals surface area (Å²) in [5, 5.41) is 2.80. The number of benzene rings is 2. The monoisotopic (exact) mass is 460 g/mol. The summed E-state index contributed by atoms with van der Waals surface area (Å²) >= 11 is 0. The van der Waals surface area contributed by atoms with E-state index in [2.05, 4.69) is 5.32 Å². The van der Waals surface area contributed by atoms with E-state index in [4.69, 9.17) is 9.47 Å². The van der Waals surface area contributed by atoms with E-state index in [1.165, 1.54) is 33.0 Å². The van der Waals surface area contributed by atoms with Gasteiger partial charge in [0.05, 0.1) is 12.7 Å². The lowest BCUT2D eigenvalue weighted by atomic mass is 10.1. The average Bonchev–Trinajstić information content (AvgIpc) is 3.26. The van der Waals surface area contributed by atoms with Crippen molar-refractivity contribution in [1.82, 2.24) is 4.31 Å². The lowest BCUT2D eigenvalue weighted by Gasteiger charge is -2.16. The molecule has 0 aliphatic heterocycles. The minimum Gasteiger partial charge on any atom is -0.492 e. The Labute approximate surface area is 190 Å². The molecule has 0 unspecified atom stereocenters. The van der Waals surface area contributed by atoms with Gasteiger partial charge in [0.25, 0.3) is 0 Å². The second kappa shape index (κ2) is 10.8. The molecule has 0 spiro atoms. The fourth-order valence-electron chi connectivity index (χ4n) is 3.71. The quantitative estimate of drug-likeness (QED) is 0.574. The zero-order chi connectivity index (χ0) is 23.1. The van der Waals surface area contributed by atoms with Gasteiger partial charge in [-0.05, 0) is 74.9 Å². The number of nitrogens with zero attached hydrogens (tertiary/aromatic N) is 1. The fraction of sp³-hybridized carbons (Fsp3) is 0.458. The van der Waals surface area contributed by atoms with Crippen LogP contribution in [0.5, 0.6) is 11.5 Å². The Bertz CT molecular complexity index is 1030. The molecule has 0 bridgehead atoms. The number of hydrogen-bond donors (Lipinski definition) is 1. The molecule has 1 N–H and O–H groups in total. The molecule has 1 fully saturated rings. The van der Waals surface area contributed by atoms with E-state index in [0.29, 0.717) is 24.8 Å². The van der Waals surface area contributed by atoms with Gasteiger partial charge in [-0.25, -0.2) is 12.7 Å². The van der Waals surface area contributed by atoms with Crippen molar-refractivity contribution in [3.63, 3.8) is 0 Å². The van der Waals surface area contributed by atoms with E-state index in [-0.39, 0.29) is 23.0 Å². The molecular weight excluding hydrogens is 428 g/mol. The van der Waals surface area contributed by atoms with E-state index in [0.717, 1.165) is 28.5 Å². The third kappa shape index (κ3) is 6.23. The molecule has 3 rings (SSSR count). The van der Waals surface area contributed by atoms with Crippen LogP contribution in [0.2, 0.25) is 0 Å². The van der Waals surface area contributed by atoms with Crippen LogP contribution in [0.1, 0.15) is 44.6 Å². The number of aryl methyl sites for hydroxylation is 1. The number of nitrogens with one attached hydrogen (secondary N) is 1. The van der Waals surface area contributed by atoms with Gasteiger partial charge in [-0.3, -0.25) is 4.79 Å². The largest absolute Gasteiger partial charge is 0.492 e. The molecule has 0 radical (unpaired) electrons. The molecule has 0 heterocycles. The molecule has 174 valence electrons. The van der Waals surface area contributed by atoms with Crippen LogP contribution in [-0.4, -0.2) is 45.4 Å². The highest BCUT2D eigenvalue weighted by Crippen LogP contribution is 2.29. The third-order valence-electron chi connectivity index (χ3n) is 5.43. The predicted molar refractivity (Wildman–Crippen MR) is 125 cm³/mol. The minimum atomic E-state index is -3.72. The van der Waals surface area contributed by atoms with E-state index >= 15 is 0 Å². The van der Waals surface area contributed by atoms with Gasteiger partial charge in [-0.1, -0.05) is 12.1 Å². The van der Waals surface area contributed by atoms with Crippen molar-refractivity contribution in [1.29, 1.82) is 0 Å². The molecule has 32 heavy (non-hydrogen) atoms. The van der Waals surface area contributed by atoms with Crippen molar-refractivity contribution in [2.45, 2.75) is 56.4 Å². The summed E-state index contributed by atoms with van der Waals surface area (Å²) in [5.41, 5.74) is 1.44. The Hall–Kier alpha value is -2.58. The highest BCUT2D eigenvalue weighted by Gasteiger charge is 2.23. The summed E-state index contributed by atoms with van der Waals surface area (Å²) in [5.74, 6) is 0.919. The second-order valence-electron chi connectivity index (χ2n) is 8.10. The third-order valence-corrected chi connectivity index (χ3v) is 7.27. The van der Waals surface area contributed by atoms with Crippen LogP contribution in [0.15, 0.2) is 47.4 Å². The zero-order valence-electron chi connectivity index (χ0n) is 19.0. The first-order valence-corrected chi connectivity index (χ1v) is 12.5. The Balaban J connectivity index is 1.63. The normalized spacial score (nSPS) is 14.5. The zero-order valence-corrected chi connectivity index (χ0v) is 19.8. The van der Waals surface area contributed by atoms with Gasteiger partial charge < -0.3 is 14.8 Å². The van der Waals surface area contributed by atoms with Crippen molar-refractivity contribution < 1.29 is 22.7 Å².